The summed E-state index contributed by atoms with van der Waals surface area (Å²) in [4.78, 5) is 29.6. The van der Waals surface area contributed by atoms with E-state index >= 15 is 0 Å². The number of amides is 2. The average Bonchev–Trinajstić information content (AvgIpc) is 2.88. The maximum Gasteiger partial charge on any atom is 0.409 e. The molecule has 0 aliphatic carbocycles. The molecule has 2 rings (SSSR count). The van der Waals surface area contributed by atoms with Crippen molar-refractivity contribution in [1.82, 2.24) is 9.80 Å². The maximum absolute atomic E-state index is 12.5. The molecule has 0 spiro atoms. The van der Waals surface area contributed by atoms with Gasteiger partial charge in [-0.1, -0.05) is 6.92 Å². The van der Waals surface area contributed by atoms with E-state index < -0.39 is 0 Å². The molecule has 1 saturated heterocycles. The van der Waals surface area contributed by atoms with Crippen molar-refractivity contribution in [3.8, 4) is 0 Å². The number of thiophene rings is 1. The minimum atomic E-state index is -0.287. The van der Waals surface area contributed by atoms with Crippen LogP contribution in [0.5, 0.6) is 0 Å². The Bertz CT molecular complexity index is 519. The van der Waals surface area contributed by atoms with Crippen LogP contribution in [-0.2, 0) is 11.2 Å². The normalized spacial score (nSPS) is 15.2. The monoisotopic (exact) mass is 310 g/mol. The summed E-state index contributed by atoms with van der Waals surface area (Å²) in [6.07, 6.45) is 0.663. The number of carbonyl (C=O) groups excluding carboxylic acids is 2. The van der Waals surface area contributed by atoms with Gasteiger partial charge in [-0.3, -0.25) is 4.79 Å². The predicted molar refractivity (Wildman–Crippen MR) is 82.9 cm³/mol. The van der Waals surface area contributed by atoms with E-state index in [2.05, 4.69) is 13.8 Å². The van der Waals surface area contributed by atoms with E-state index in [9.17, 15) is 9.59 Å². The van der Waals surface area contributed by atoms with E-state index in [0.29, 0.717) is 32.8 Å². The second-order valence-corrected chi connectivity index (χ2v) is 6.28. The Morgan fingerprint density at radius 1 is 1.19 bits per heavy atom. The van der Waals surface area contributed by atoms with Crippen molar-refractivity contribution < 1.29 is 14.3 Å². The van der Waals surface area contributed by atoms with Crippen molar-refractivity contribution in [3.05, 3.63) is 21.4 Å². The topological polar surface area (TPSA) is 49.9 Å². The number of hydrogen-bond acceptors (Lipinski definition) is 4. The molecule has 1 fully saturated rings. The van der Waals surface area contributed by atoms with Gasteiger partial charge in [0.2, 0.25) is 0 Å². The number of carbonyl (C=O) groups is 2. The van der Waals surface area contributed by atoms with Crippen LogP contribution in [0.15, 0.2) is 6.07 Å². The third kappa shape index (κ3) is 3.56. The summed E-state index contributed by atoms with van der Waals surface area (Å²) in [6.45, 7) is 8.53. The molecule has 0 bridgehead atoms. The summed E-state index contributed by atoms with van der Waals surface area (Å²) in [7, 11) is 0. The maximum atomic E-state index is 12.5. The summed E-state index contributed by atoms with van der Waals surface area (Å²) >= 11 is 1.56. The summed E-state index contributed by atoms with van der Waals surface area (Å²) in [5.41, 5.74) is 1.24. The van der Waals surface area contributed by atoms with Gasteiger partial charge in [-0.15, -0.1) is 11.3 Å². The zero-order chi connectivity index (χ0) is 15.4. The fraction of sp³-hybridized carbons (Fsp3) is 0.600. The van der Waals surface area contributed by atoms with E-state index in [1.165, 1.54) is 10.4 Å². The van der Waals surface area contributed by atoms with E-state index in [0.717, 1.165) is 11.3 Å². The smallest absolute Gasteiger partial charge is 0.409 e. The molecule has 1 aromatic rings. The molecule has 1 aliphatic rings. The molecule has 0 atom stereocenters. The third-order valence-corrected chi connectivity index (χ3v) is 4.79. The Labute approximate surface area is 129 Å². The zero-order valence-electron chi connectivity index (χ0n) is 12.8. The molecule has 5 nitrogen and oxygen atoms in total. The second kappa shape index (κ2) is 6.93. The molecular weight excluding hydrogens is 288 g/mol. The summed E-state index contributed by atoms with van der Waals surface area (Å²) < 4.78 is 4.98. The number of rotatable bonds is 3. The van der Waals surface area contributed by atoms with Crippen molar-refractivity contribution >= 4 is 23.3 Å². The Morgan fingerprint density at radius 3 is 2.33 bits per heavy atom. The molecule has 21 heavy (non-hydrogen) atoms. The molecule has 0 radical (unpaired) electrons. The average molecular weight is 310 g/mol. The van der Waals surface area contributed by atoms with Crippen LogP contribution in [0.25, 0.3) is 0 Å². The molecule has 6 heteroatoms. The first-order chi connectivity index (χ1) is 10.1. The SMILES string of the molecule is CCOC(=O)N1CCN(C(=O)c2cc(CC)c(C)s2)CC1. The fourth-order valence-corrected chi connectivity index (χ4v) is 3.52. The lowest BCUT2D eigenvalue weighted by atomic mass is 10.2. The molecule has 0 unspecified atom stereocenters. The standard InChI is InChI=1S/C15H22N2O3S/c1-4-12-10-13(21-11(12)3)14(18)16-6-8-17(9-7-16)15(19)20-5-2/h10H,4-9H2,1-3H3. The van der Waals surface area contributed by atoms with Gasteiger partial charge in [-0.2, -0.15) is 0 Å². The molecule has 0 aromatic carbocycles. The minimum Gasteiger partial charge on any atom is -0.450 e. The molecular formula is C15H22N2O3S. The lowest BCUT2D eigenvalue weighted by Crippen LogP contribution is -2.50. The van der Waals surface area contributed by atoms with Gasteiger partial charge in [0.25, 0.3) is 5.91 Å². The third-order valence-electron chi connectivity index (χ3n) is 3.71. The molecule has 0 N–H and O–H groups in total. The summed E-state index contributed by atoms with van der Waals surface area (Å²) in [5, 5.41) is 0. The number of aryl methyl sites for hydroxylation is 2. The van der Waals surface area contributed by atoms with Crippen LogP contribution >= 0.6 is 11.3 Å². The quantitative estimate of drug-likeness (QED) is 0.862. The molecule has 116 valence electrons. The van der Waals surface area contributed by atoms with Crippen LogP contribution in [-0.4, -0.2) is 54.6 Å². The van der Waals surface area contributed by atoms with E-state index in [1.807, 2.05) is 11.0 Å². The van der Waals surface area contributed by atoms with Crippen molar-refractivity contribution in [2.75, 3.05) is 32.8 Å². The van der Waals surface area contributed by atoms with Gasteiger partial charge in [0.15, 0.2) is 0 Å². The number of piperazine rings is 1. The Kier molecular flexibility index (Phi) is 5.22. The first kappa shape index (κ1) is 15.8. The van der Waals surface area contributed by atoms with Gasteiger partial charge < -0.3 is 14.5 Å². The largest absolute Gasteiger partial charge is 0.450 e. The van der Waals surface area contributed by atoms with Crippen molar-refractivity contribution in [2.45, 2.75) is 27.2 Å². The van der Waals surface area contributed by atoms with Crippen LogP contribution in [0, 0.1) is 6.92 Å². The number of ether oxygens (including phenoxy) is 1. The highest BCUT2D eigenvalue weighted by molar-refractivity contribution is 7.14. The minimum absolute atomic E-state index is 0.0753. The first-order valence-electron chi connectivity index (χ1n) is 7.37. The van der Waals surface area contributed by atoms with Crippen LogP contribution in [0.2, 0.25) is 0 Å². The lowest BCUT2D eigenvalue weighted by Gasteiger charge is -2.33. The van der Waals surface area contributed by atoms with Crippen molar-refractivity contribution in [2.24, 2.45) is 0 Å². The molecule has 0 saturated carbocycles. The Morgan fingerprint density at radius 2 is 1.81 bits per heavy atom. The van der Waals surface area contributed by atoms with Crippen molar-refractivity contribution in [3.63, 3.8) is 0 Å². The number of nitrogens with zero attached hydrogens (tertiary/aromatic N) is 2. The molecule has 1 aromatic heterocycles. The predicted octanol–water partition coefficient (Wildman–Crippen LogP) is 2.53. The van der Waals surface area contributed by atoms with Gasteiger partial charge >= 0.3 is 6.09 Å². The Hall–Kier alpha value is -1.56. The molecule has 2 heterocycles. The van der Waals surface area contributed by atoms with E-state index in [4.69, 9.17) is 4.74 Å². The Balaban J connectivity index is 1.95. The van der Waals surface area contributed by atoms with Crippen LogP contribution < -0.4 is 0 Å². The molecule has 2 amide bonds. The fourth-order valence-electron chi connectivity index (χ4n) is 2.44. The highest BCUT2D eigenvalue weighted by atomic mass is 32.1. The molecule has 1 aliphatic heterocycles. The van der Waals surface area contributed by atoms with Crippen molar-refractivity contribution in [1.29, 1.82) is 0 Å². The van der Waals surface area contributed by atoms with Gasteiger partial charge in [0.1, 0.15) is 0 Å². The van der Waals surface area contributed by atoms with Crippen LogP contribution in [0.3, 0.4) is 0 Å². The van der Waals surface area contributed by atoms with E-state index in [1.54, 1.807) is 23.2 Å². The van der Waals surface area contributed by atoms with Crippen LogP contribution in [0.4, 0.5) is 4.79 Å². The highest BCUT2D eigenvalue weighted by Crippen LogP contribution is 2.23. The highest BCUT2D eigenvalue weighted by Gasteiger charge is 2.26. The van der Waals surface area contributed by atoms with Gasteiger partial charge in [-0.05, 0) is 31.9 Å². The summed E-state index contributed by atoms with van der Waals surface area (Å²) in [5.74, 6) is 0.0753. The van der Waals surface area contributed by atoms with Gasteiger partial charge in [0, 0.05) is 31.1 Å². The zero-order valence-corrected chi connectivity index (χ0v) is 13.7. The lowest BCUT2D eigenvalue weighted by molar-refractivity contribution is 0.0574. The van der Waals surface area contributed by atoms with Gasteiger partial charge in [-0.25, -0.2) is 4.79 Å². The van der Waals surface area contributed by atoms with Gasteiger partial charge in [0.05, 0.1) is 11.5 Å². The van der Waals surface area contributed by atoms with Crippen LogP contribution in [0.1, 0.15) is 34.0 Å². The second-order valence-electron chi connectivity index (χ2n) is 5.02. The van der Waals surface area contributed by atoms with E-state index in [-0.39, 0.29) is 12.0 Å². The first-order valence-corrected chi connectivity index (χ1v) is 8.18. The number of hydrogen-bond donors (Lipinski definition) is 0. The summed E-state index contributed by atoms with van der Waals surface area (Å²) in [6, 6.07) is 2.00.